The zero-order valence-electron chi connectivity index (χ0n) is 11.6. The lowest BCUT2D eigenvalue weighted by molar-refractivity contribution is 0.512. The van der Waals surface area contributed by atoms with E-state index < -0.39 is 0 Å². The molecule has 2 nitrogen and oxygen atoms in total. The number of aromatic nitrogens is 2. The molecule has 1 unspecified atom stereocenters. The predicted octanol–water partition coefficient (Wildman–Crippen LogP) is 4.69. The molecule has 1 aromatic carbocycles. The van der Waals surface area contributed by atoms with Gasteiger partial charge in [-0.3, -0.25) is 0 Å². The second kappa shape index (κ2) is 5.31. The Kier molecular flexibility index (Phi) is 3.96. The summed E-state index contributed by atoms with van der Waals surface area (Å²) in [6, 6.07) is 6.38. The molecule has 0 saturated carbocycles. The van der Waals surface area contributed by atoms with Crippen LogP contribution in [0.5, 0.6) is 0 Å². The molecule has 0 aliphatic carbocycles. The van der Waals surface area contributed by atoms with Crippen molar-refractivity contribution in [3.8, 4) is 0 Å². The third-order valence-electron chi connectivity index (χ3n) is 3.22. The van der Waals surface area contributed by atoms with Gasteiger partial charge in [0.2, 0.25) is 0 Å². The fourth-order valence-corrected chi connectivity index (χ4v) is 2.34. The van der Waals surface area contributed by atoms with Crippen LogP contribution in [-0.2, 0) is 6.54 Å². The van der Waals surface area contributed by atoms with Gasteiger partial charge in [-0.25, -0.2) is 4.98 Å². The highest BCUT2D eigenvalue weighted by Gasteiger charge is 2.14. The highest BCUT2D eigenvalue weighted by Crippen LogP contribution is 2.26. The van der Waals surface area contributed by atoms with Gasteiger partial charge in [-0.2, -0.15) is 0 Å². The summed E-state index contributed by atoms with van der Waals surface area (Å²) in [7, 11) is 0. The van der Waals surface area contributed by atoms with E-state index in [0.717, 1.165) is 24.3 Å². The number of nitrogens with zero attached hydrogens (tertiary/aromatic N) is 2. The second-order valence-corrected chi connectivity index (χ2v) is 6.07. The summed E-state index contributed by atoms with van der Waals surface area (Å²) in [4.78, 5) is 4.66. The molecule has 1 atom stereocenters. The van der Waals surface area contributed by atoms with E-state index >= 15 is 0 Å². The summed E-state index contributed by atoms with van der Waals surface area (Å²) in [6.45, 7) is 9.58. The Morgan fingerprint density at radius 3 is 2.61 bits per heavy atom. The molecule has 0 saturated heterocycles. The number of imidazole rings is 1. The van der Waals surface area contributed by atoms with Crippen LogP contribution in [-0.4, -0.2) is 9.55 Å². The van der Waals surface area contributed by atoms with Gasteiger partial charge in [-0.05, 0) is 43.9 Å². The van der Waals surface area contributed by atoms with Crippen LogP contribution in [0.3, 0.4) is 0 Å². The number of hydrogen-bond acceptors (Lipinski definition) is 1. The maximum Gasteiger partial charge on any atom is 0.127 e. The molecule has 0 N–H and O–H groups in total. The van der Waals surface area contributed by atoms with Crippen LogP contribution in [0.25, 0.3) is 11.0 Å². The van der Waals surface area contributed by atoms with Crippen LogP contribution in [0, 0.1) is 12.8 Å². The van der Waals surface area contributed by atoms with Crippen LogP contribution in [0.1, 0.15) is 44.0 Å². The quantitative estimate of drug-likeness (QED) is 0.733. The summed E-state index contributed by atoms with van der Waals surface area (Å²) < 4.78 is 2.28. The van der Waals surface area contributed by atoms with E-state index in [0.29, 0.717) is 5.92 Å². The Morgan fingerprint density at radius 2 is 2.00 bits per heavy atom. The molecular weight excluding hydrogens is 244 g/mol. The second-order valence-electron chi connectivity index (χ2n) is 5.41. The van der Waals surface area contributed by atoms with Gasteiger partial charge in [-0.1, -0.05) is 19.9 Å². The van der Waals surface area contributed by atoms with Crippen molar-refractivity contribution in [1.82, 2.24) is 9.55 Å². The van der Waals surface area contributed by atoms with E-state index in [1.54, 1.807) is 0 Å². The first kappa shape index (κ1) is 13.4. The molecule has 2 aromatic rings. The molecule has 0 aliphatic rings. The number of rotatable bonds is 4. The minimum atomic E-state index is -0.0510. The molecule has 0 amide bonds. The van der Waals surface area contributed by atoms with Crippen molar-refractivity contribution >= 4 is 22.6 Å². The van der Waals surface area contributed by atoms with Crippen molar-refractivity contribution in [1.29, 1.82) is 0 Å². The van der Waals surface area contributed by atoms with Crippen LogP contribution >= 0.6 is 11.6 Å². The highest BCUT2D eigenvalue weighted by molar-refractivity contribution is 6.20. The smallest absolute Gasteiger partial charge is 0.127 e. The lowest BCUT2D eigenvalue weighted by Crippen LogP contribution is -2.06. The van der Waals surface area contributed by atoms with Crippen molar-refractivity contribution in [2.75, 3.05) is 0 Å². The standard InChI is InChI=1S/C15H21ClN2/c1-10(2)7-8-18-14-9-11(3)5-6-13(14)17-15(18)12(4)16/h5-6,9-10,12H,7-8H2,1-4H3. The molecule has 0 bridgehead atoms. The third-order valence-corrected chi connectivity index (χ3v) is 3.41. The molecule has 0 spiro atoms. The van der Waals surface area contributed by atoms with E-state index in [4.69, 9.17) is 11.6 Å². The van der Waals surface area contributed by atoms with Gasteiger partial charge in [0.25, 0.3) is 0 Å². The van der Waals surface area contributed by atoms with Gasteiger partial charge in [-0.15, -0.1) is 11.6 Å². The normalized spacial score (nSPS) is 13.4. The van der Waals surface area contributed by atoms with Crippen molar-refractivity contribution in [3.05, 3.63) is 29.6 Å². The molecular formula is C15H21ClN2. The zero-order valence-corrected chi connectivity index (χ0v) is 12.3. The van der Waals surface area contributed by atoms with Gasteiger partial charge in [0.15, 0.2) is 0 Å². The maximum absolute atomic E-state index is 6.25. The van der Waals surface area contributed by atoms with E-state index in [1.807, 2.05) is 6.92 Å². The first-order valence-corrected chi connectivity index (χ1v) is 7.03. The summed E-state index contributed by atoms with van der Waals surface area (Å²) in [6.07, 6.45) is 1.15. The van der Waals surface area contributed by atoms with E-state index in [1.165, 1.54) is 11.1 Å². The molecule has 1 aromatic heterocycles. The first-order chi connectivity index (χ1) is 8.49. The van der Waals surface area contributed by atoms with E-state index in [2.05, 4.69) is 48.5 Å². The summed E-state index contributed by atoms with van der Waals surface area (Å²) in [5.41, 5.74) is 3.52. The number of benzene rings is 1. The molecule has 98 valence electrons. The van der Waals surface area contributed by atoms with Crippen molar-refractivity contribution in [2.45, 2.75) is 46.0 Å². The molecule has 0 aliphatic heterocycles. The SMILES string of the molecule is Cc1ccc2nc(C(C)Cl)n(CCC(C)C)c2c1. The summed E-state index contributed by atoms with van der Waals surface area (Å²) >= 11 is 6.25. The maximum atomic E-state index is 6.25. The van der Waals surface area contributed by atoms with Crippen molar-refractivity contribution in [3.63, 3.8) is 0 Å². The average Bonchev–Trinajstić information content (AvgIpc) is 2.64. The zero-order chi connectivity index (χ0) is 13.3. The summed E-state index contributed by atoms with van der Waals surface area (Å²) in [5.74, 6) is 1.67. The molecule has 1 heterocycles. The minimum absolute atomic E-state index is 0.0510. The predicted molar refractivity (Wildman–Crippen MR) is 78.2 cm³/mol. The Hall–Kier alpha value is -1.02. The fraction of sp³-hybridized carbons (Fsp3) is 0.533. The highest BCUT2D eigenvalue weighted by atomic mass is 35.5. The van der Waals surface area contributed by atoms with Gasteiger partial charge in [0.05, 0.1) is 16.4 Å². The topological polar surface area (TPSA) is 17.8 Å². The van der Waals surface area contributed by atoms with Crippen molar-refractivity contribution in [2.24, 2.45) is 5.92 Å². The number of alkyl halides is 1. The number of fused-ring (bicyclic) bond motifs is 1. The molecule has 2 rings (SSSR count). The largest absolute Gasteiger partial charge is 0.327 e. The first-order valence-electron chi connectivity index (χ1n) is 6.60. The van der Waals surface area contributed by atoms with Crippen molar-refractivity contribution < 1.29 is 0 Å². The molecule has 3 heteroatoms. The molecule has 18 heavy (non-hydrogen) atoms. The van der Waals surface area contributed by atoms with Gasteiger partial charge in [0, 0.05) is 6.54 Å². The third kappa shape index (κ3) is 2.69. The van der Waals surface area contributed by atoms with Crippen LogP contribution in [0.2, 0.25) is 0 Å². The number of aryl methyl sites for hydroxylation is 2. The minimum Gasteiger partial charge on any atom is -0.327 e. The molecule has 0 fully saturated rings. The van der Waals surface area contributed by atoms with Crippen LogP contribution in [0.15, 0.2) is 18.2 Å². The fourth-order valence-electron chi connectivity index (χ4n) is 2.18. The lowest BCUT2D eigenvalue weighted by atomic mass is 10.1. The lowest BCUT2D eigenvalue weighted by Gasteiger charge is -2.12. The Bertz CT molecular complexity index is 541. The molecule has 0 radical (unpaired) electrons. The van der Waals surface area contributed by atoms with Gasteiger partial charge in [0.1, 0.15) is 5.82 Å². The van der Waals surface area contributed by atoms with E-state index in [-0.39, 0.29) is 5.38 Å². The number of hydrogen-bond donors (Lipinski definition) is 0. The van der Waals surface area contributed by atoms with Crippen LogP contribution in [0.4, 0.5) is 0 Å². The van der Waals surface area contributed by atoms with Gasteiger partial charge >= 0.3 is 0 Å². The Morgan fingerprint density at radius 1 is 1.28 bits per heavy atom. The van der Waals surface area contributed by atoms with Crippen LogP contribution < -0.4 is 0 Å². The summed E-state index contributed by atoms with van der Waals surface area (Å²) in [5, 5.41) is -0.0510. The average molecular weight is 265 g/mol. The Balaban J connectivity index is 2.50. The van der Waals surface area contributed by atoms with E-state index in [9.17, 15) is 0 Å². The Labute approximate surface area is 114 Å². The monoisotopic (exact) mass is 264 g/mol. The van der Waals surface area contributed by atoms with Gasteiger partial charge < -0.3 is 4.57 Å². The number of halogens is 1.